The second kappa shape index (κ2) is 9.09. The maximum Gasteiger partial charge on any atom is 0.269 e. The summed E-state index contributed by atoms with van der Waals surface area (Å²) in [5.41, 5.74) is 3.62. The van der Waals surface area contributed by atoms with Crippen LogP contribution in [0, 0.1) is 10.1 Å². The lowest BCUT2D eigenvalue weighted by Gasteiger charge is -2.43. The summed E-state index contributed by atoms with van der Waals surface area (Å²) in [6.45, 7) is 0. The standard InChI is InChI=1S/C32H22N2O4/c35-21-24-20-28-29(22-10-4-1-5-11-22)31(36)33(26-16-18-27(19-17-26)34(37)38)32(28,25-14-8-3-9-15-25)30(24)23-12-6-2-7-13-23/h1-21,30H/t30-,32+/m1/s1. The lowest BCUT2D eigenvalue weighted by Crippen LogP contribution is -2.49. The van der Waals surface area contributed by atoms with Crippen LogP contribution < -0.4 is 4.90 Å². The molecule has 4 aromatic rings. The highest BCUT2D eigenvalue weighted by Gasteiger charge is 2.61. The fraction of sp³-hybridized carbons (Fsp3) is 0.0625. The lowest BCUT2D eigenvalue weighted by molar-refractivity contribution is -0.384. The molecule has 0 saturated heterocycles. The number of carbonyl (C=O) groups excluding carboxylic acids is 2. The Kier molecular flexibility index (Phi) is 5.57. The van der Waals surface area contributed by atoms with Crippen molar-refractivity contribution in [3.63, 3.8) is 0 Å². The molecule has 0 unspecified atom stereocenters. The van der Waals surface area contributed by atoms with Crippen molar-refractivity contribution >= 4 is 29.1 Å². The predicted octanol–water partition coefficient (Wildman–Crippen LogP) is 6.21. The molecule has 6 nitrogen and oxygen atoms in total. The zero-order chi connectivity index (χ0) is 26.3. The van der Waals surface area contributed by atoms with Gasteiger partial charge in [-0.2, -0.15) is 0 Å². The van der Waals surface area contributed by atoms with Gasteiger partial charge in [0.05, 0.1) is 10.5 Å². The average molecular weight is 499 g/mol. The normalized spacial score (nSPS) is 20.3. The molecule has 4 aromatic carbocycles. The molecule has 0 bridgehead atoms. The second-order valence-electron chi connectivity index (χ2n) is 9.31. The molecule has 2 atom stereocenters. The summed E-state index contributed by atoms with van der Waals surface area (Å²) in [7, 11) is 0. The van der Waals surface area contributed by atoms with Gasteiger partial charge in [-0.1, -0.05) is 91.0 Å². The van der Waals surface area contributed by atoms with Crippen molar-refractivity contribution in [2.75, 3.05) is 4.90 Å². The van der Waals surface area contributed by atoms with E-state index in [1.54, 1.807) is 17.0 Å². The minimum Gasteiger partial charge on any atom is -0.298 e. The van der Waals surface area contributed by atoms with E-state index in [0.717, 1.165) is 28.5 Å². The number of hydrogen-bond acceptors (Lipinski definition) is 4. The van der Waals surface area contributed by atoms with E-state index in [4.69, 9.17) is 0 Å². The van der Waals surface area contributed by atoms with E-state index in [9.17, 15) is 19.7 Å². The van der Waals surface area contributed by atoms with Crippen molar-refractivity contribution in [2.45, 2.75) is 11.5 Å². The van der Waals surface area contributed by atoms with Gasteiger partial charge in [0.2, 0.25) is 0 Å². The van der Waals surface area contributed by atoms with Gasteiger partial charge in [0.1, 0.15) is 11.8 Å². The minimum atomic E-state index is -1.09. The van der Waals surface area contributed by atoms with Gasteiger partial charge in [-0.3, -0.25) is 24.6 Å². The van der Waals surface area contributed by atoms with Crippen LogP contribution in [0.4, 0.5) is 11.4 Å². The van der Waals surface area contributed by atoms with Gasteiger partial charge in [0.25, 0.3) is 11.6 Å². The van der Waals surface area contributed by atoms with Crippen molar-refractivity contribution in [1.29, 1.82) is 0 Å². The minimum absolute atomic E-state index is 0.0663. The van der Waals surface area contributed by atoms with Crippen molar-refractivity contribution < 1.29 is 14.5 Å². The van der Waals surface area contributed by atoms with Gasteiger partial charge < -0.3 is 0 Å². The van der Waals surface area contributed by atoms with Crippen LogP contribution in [0.1, 0.15) is 22.6 Å². The van der Waals surface area contributed by atoms with Crippen molar-refractivity contribution in [3.05, 3.63) is 159 Å². The van der Waals surface area contributed by atoms with Crippen LogP contribution in [0.5, 0.6) is 0 Å². The quantitative estimate of drug-likeness (QED) is 0.180. The zero-order valence-corrected chi connectivity index (χ0v) is 20.2. The number of anilines is 1. The number of carbonyl (C=O) groups is 2. The molecule has 0 spiro atoms. The van der Waals surface area contributed by atoms with Crippen molar-refractivity contribution in [2.24, 2.45) is 0 Å². The molecule has 1 amide bonds. The third kappa shape index (κ3) is 3.34. The SMILES string of the molecule is O=CC1=CC2=C(c3ccccc3)C(=O)N(c3ccc([N+](=O)[O-])cc3)[C@]2(c2ccccc2)[C@@H]1c1ccccc1. The summed E-state index contributed by atoms with van der Waals surface area (Å²) in [5.74, 6) is -0.731. The number of aldehydes is 1. The number of rotatable bonds is 6. The largest absolute Gasteiger partial charge is 0.298 e. The molecule has 1 heterocycles. The highest BCUT2D eigenvalue weighted by atomic mass is 16.6. The van der Waals surface area contributed by atoms with Crippen LogP contribution in [0.15, 0.2) is 132 Å². The molecule has 1 aliphatic heterocycles. The molecule has 6 rings (SSSR count). The number of nitrogens with zero attached hydrogens (tertiary/aromatic N) is 2. The smallest absolute Gasteiger partial charge is 0.269 e. The molecular formula is C32H22N2O4. The van der Waals surface area contributed by atoms with E-state index >= 15 is 0 Å². The van der Waals surface area contributed by atoms with Crippen LogP contribution >= 0.6 is 0 Å². The maximum atomic E-state index is 14.5. The summed E-state index contributed by atoms with van der Waals surface area (Å²) in [6.07, 6.45) is 2.72. The number of amides is 1. The fourth-order valence-corrected chi connectivity index (χ4v) is 5.91. The number of nitro benzene ring substituents is 1. The number of non-ortho nitro benzene ring substituents is 1. The van der Waals surface area contributed by atoms with Crippen LogP contribution in [-0.2, 0) is 15.1 Å². The van der Waals surface area contributed by atoms with Crippen molar-refractivity contribution in [3.8, 4) is 0 Å². The number of nitro groups is 1. The number of fused-ring (bicyclic) bond motifs is 1. The highest BCUT2D eigenvalue weighted by molar-refractivity contribution is 6.32. The van der Waals surface area contributed by atoms with Gasteiger partial charge >= 0.3 is 0 Å². The summed E-state index contributed by atoms with van der Waals surface area (Å²) in [5, 5.41) is 11.4. The Morgan fingerprint density at radius 1 is 0.789 bits per heavy atom. The molecule has 1 aliphatic carbocycles. The Morgan fingerprint density at radius 3 is 1.95 bits per heavy atom. The first kappa shape index (κ1) is 23.3. The van der Waals surface area contributed by atoms with E-state index in [1.165, 1.54) is 12.1 Å². The third-order valence-corrected chi connectivity index (χ3v) is 7.38. The highest BCUT2D eigenvalue weighted by Crippen LogP contribution is 2.62. The molecule has 0 N–H and O–H groups in total. The molecule has 2 aliphatic rings. The Balaban J connectivity index is 1.72. The Morgan fingerprint density at radius 2 is 1.37 bits per heavy atom. The van der Waals surface area contributed by atoms with Gasteiger partial charge in [-0.25, -0.2) is 0 Å². The van der Waals surface area contributed by atoms with Gasteiger partial charge in [0.15, 0.2) is 0 Å². The molecule has 0 saturated carbocycles. The van der Waals surface area contributed by atoms with Gasteiger partial charge in [-0.15, -0.1) is 0 Å². The fourth-order valence-electron chi connectivity index (χ4n) is 5.91. The van der Waals surface area contributed by atoms with Gasteiger partial charge in [0, 0.05) is 29.3 Å². The molecule has 0 aromatic heterocycles. The van der Waals surface area contributed by atoms with Crippen LogP contribution in [0.25, 0.3) is 5.57 Å². The summed E-state index contributed by atoms with van der Waals surface area (Å²) in [6, 6.07) is 34.8. The molecule has 6 heteroatoms. The van der Waals surface area contributed by atoms with Crippen LogP contribution in [0.3, 0.4) is 0 Å². The Hall–Kier alpha value is -5.10. The van der Waals surface area contributed by atoms with E-state index in [0.29, 0.717) is 16.8 Å². The molecule has 0 radical (unpaired) electrons. The summed E-state index contributed by atoms with van der Waals surface area (Å²) >= 11 is 0. The first-order chi connectivity index (χ1) is 18.6. The van der Waals surface area contributed by atoms with E-state index in [2.05, 4.69) is 0 Å². The summed E-state index contributed by atoms with van der Waals surface area (Å²) in [4.78, 5) is 39.8. The molecule has 0 fully saturated rings. The second-order valence-corrected chi connectivity index (χ2v) is 9.31. The van der Waals surface area contributed by atoms with Crippen molar-refractivity contribution in [1.82, 2.24) is 0 Å². The first-order valence-corrected chi connectivity index (χ1v) is 12.2. The molecular weight excluding hydrogens is 476 g/mol. The molecule has 38 heavy (non-hydrogen) atoms. The predicted molar refractivity (Wildman–Crippen MR) is 145 cm³/mol. The lowest BCUT2D eigenvalue weighted by atomic mass is 9.71. The van der Waals surface area contributed by atoms with Crippen LogP contribution in [0.2, 0.25) is 0 Å². The summed E-state index contributed by atoms with van der Waals surface area (Å²) < 4.78 is 0. The maximum absolute atomic E-state index is 14.5. The monoisotopic (exact) mass is 498 g/mol. The number of benzene rings is 4. The first-order valence-electron chi connectivity index (χ1n) is 12.2. The topological polar surface area (TPSA) is 80.5 Å². The van der Waals surface area contributed by atoms with Crippen LogP contribution in [-0.4, -0.2) is 17.1 Å². The average Bonchev–Trinajstić information content (AvgIpc) is 3.42. The van der Waals surface area contributed by atoms with E-state index < -0.39 is 16.4 Å². The Bertz CT molecular complexity index is 1610. The van der Waals surface area contributed by atoms with E-state index in [1.807, 2.05) is 97.1 Å². The Labute approximate surface area is 219 Å². The third-order valence-electron chi connectivity index (χ3n) is 7.38. The van der Waals surface area contributed by atoms with Gasteiger partial charge in [-0.05, 0) is 40.5 Å². The zero-order valence-electron chi connectivity index (χ0n) is 20.2. The van der Waals surface area contributed by atoms with E-state index in [-0.39, 0.29) is 11.6 Å². The number of hydrogen-bond donors (Lipinski definition) is 0. The molecule has 184 valence electrons.